The number of rotatable bonds is 5. The molecule has 158 valence electrons. The molecule has 2 aromatic rings. The normalized spacial score (nSPS) is 23.8. The van der Waals surface area contributed by atoms with Gasteiger partial charge in [-0.1, -0.05) is 18.5 Å². The Labute approximate surface area is 185 Å². The van der Waals surface area contributed by atoms with E-state index in [-0.39, 0.29) is 0 Å². The summed E-state index contributed by atoms with van der Waals surface area (Å²) >= 11 is 12.3. The standard InChI is InChI=1S/C23H33ClN4S/c1-5-8-28-13-16(26-23(29)27(6-2)7-3)11-18-19-9-15(24)10-20-22(19)17(12-21(18)28)14(4)25-20/h9-10,16,18,21,25H,5-8,11-13H2,1-4H3,(H,26,29)/t16-,18?,21+/m0/s1. The van der Waals surface area contributed by atoms with E-state index in [2.05, 4.69) is 59.9 Å². The molecule has 1 saturated heterocycles. The monoisotopic (exact) mass is 432 g/mol. The van der Waals surface area contributed by atoms with Gasteiger partial charge < -0.3 is 15.2 Å². The number of H-pyrrole nitrogens is 1. The number of aromatic nitrogens is 1. The van der Waals surface area contributed by atoms with Crippen LogP contribution in [0.15, 0.2) is 12.1 Å². The van der Waals surface area contributed by atoms with Crippen molar-refractivity contribution in [2.45, 2.75) is 65.0 Å². The topological polar surface area (TPSA) is 34.3 Å². The second kappa shape index (κ2) is 8.44. The highest BCUT2D eigenvalue weighted by molar-refractivity contribution is 7.80. The maximum Gasteiger partial charge on any atom is 0.169 e. The third-order valence-electron chi connectivity index (χ3n) is 6.84. The first-order valence-electron chi connectivity index (χ1n) is 11.1. The Bertz CT molecular complexity index is 904. The number of nitrogens with zero attached hydrogens (tertiary/aromatic N) is 2. The highest BCUT2D eigenvalue weighted by Crippen LogP contribution is 2.45. The molecular formula is C23H33ClN4S. The first-order chi connectivity index (χ1) is 14.0. The summed E-state index contributed by atoms with van der Waals surface area (Å²) in [6.45, 7) is 12.9. The second-order valence-electron chi connectivity index (χ2n) is 8.57. The smallest absolute Gasteiger partial charge is 0.169 e. The van der Waals surface area contributed by atoms with Crippen LogP contribution >= 0.6 is 23.8 Å². The van der Waals surface area contributed by atoms with E-state index in [1.165, 1.54) is 34.1 Å². The number of aryl methyl sites for hydroxylation is 1. The van der Waals surface area contributed by atoms with E-state index >= 15 is 0 Å². The number of thiocarbonyl (C=S) groups is 1. The lowest BCUT2D eigenvalue weighted by Crippen LogP contribution is -2.57. The minimum Gasteiger partial charge on any atom is -0.359 e. The number of fused-ring (bicyclic) bond motifs is 2. The average molecular weight is 433 g/mol. The zero-order valence-electron chi connectivity index (χ0n) is 18.0. The number of benzene rings is 1. The summed E-state index contributed by atoms with van der Waals surface area (Å²) in [6, 6.07) is 5.20. The van der Waals surface area contributed by atoms with E-state index in [1.807, 2.05) is 0 Å². The van der Waals surface area contributed by atoms with Gasteiger partial charge in [-0.05, 0) is 82.1 Å². The molecule has 4 nitrogen and oxygen atoms in total. The van der Waals surface area contributed by atoms with E-state index in [0.29, 0.717) is 18.0 Å². The molecule has 0 spiro atoms. The Morgan fingerprint density at radius 2 is 2.07 bits per heavy atom. The molecule has 0 radical (unpaired) electrons. The van der Waals surface area contributed by atoms with Gasteiger partial charge in [-0.25, -0.2) is 0 Å². The zero-order chi connectivity index (χ0) is 20.7. The maximum absolute atomic E-state index is 6.54. The molecule has 1 aromatic heterocycles. The number of hydrogen-bond donors (Lipinski definition) is 2. The third kappa shape index (κ3) is 3.77. The zero-order valence-corrected chi connectivity index (χ0v) is 19.6. The van der Waals surface area contributed by atoms with Gasteiger partial charge in [0.2, 0.25) is 0 Å². The minimum atomic E-state index is 0.367. The number of hydrogen-bond acceptors (Lipinski definition) is 2. The Hall–Kier alpha value is -1.30. The molecule has 1 aromatic carbocycles. The minimum absolute atomic E-state index is 0.367. The fourth-order valence-corrected chi connectivity index (χ4v) is 6.18. The molecule has 3 atom stereocenters. The van der Waals surface area contributed by atoms with Crippen molar-refractivity contribution >= 4 is 39.8 Å². The molecule has 1 fully saturated rings. The van der Waals surface area contributed by atoms with Gasteiger partial charge in [-0.3, -0.25) is 4.90 Å². The van der Waals surface area contributed by atoms with Crippen molar-refractivity contribution in [2.75, 3.05) is 26.2 Å². The number of piperidine rings is 1. The molecular weight excluding hydrogens is 400 g/mol. The summed E-state index contributed by atoms with van der Waals surface area (Å²) in [5.74, 6) is 0.483. The van der Waals surface area contributed by atoms with Crippen molar-refractivity contribution < 1.29 is 0 Å². The van der Waals surface area contributed by atoms with Crippen molar-refractivity contribution in [3.63, 3.8) is 0 Å². The molecule has 4 rings (SSSR count). The van der Waals surface area contributed by atoms with Crippen LogP contribution in [0.1, 0.15) is 56.4 Å². The highest BCUT2D eigenvalue weighted by Gasteiger charge is 2.41. The summed E-state index contributed by atoms with van der Waals surface area (Å²) in [7, 11) is 0. The van der Waals surface area contributed by atoms with Gasteiger partial charge in [-0.15, -0.1) is 0 Å². The Balaban J connectivity index is 1.69. The Kier molecular flexibility index (Phi) is 6.10. The van der Waals surface area contributed by atoms with Crippen molar-refractivity contribution in [1.29, 1.82) is 0 Å². The van der Waals surface area contributed by atoms with Crippen LogP contribution in [0, 0.1) is 6.92 Å². The van der Waals surface area contributed by atoms with Crippen LogP contribution in [0.4, 0.5) is 0 Å². The van der Waals surface area contributed by atoms with Crippen molar-refractivity contribution in [1.82, 2.24) is 20.1 Å². The van der Waals surface area contributed by atoms with Gasteiger partial charge in [0, 0.05) is 59.3 Å². The molecule has 1 aliphatic heterocycles. The Morgan fingerprint density at radius 3 is 2.76 bits per heavy atom. The van der Waals surface area contributed by atoms with E-state index in [4.69, 9.17) is 23.8 Å². The SMILES string of the molecule is CCCN1C[C@@H](NC(=S)N(CC)CC)CC2c3cc(Cl)cc4[nH]c(C)c(c34)C[C@H]21. The molecule has 29 heavy (non-hydrogen) atoms. The van der Waals surface area contributed by atoms with Crippen LogP contribution in [0.25, 0.3) is 10.9 Å². The molecule has 2 N–H and O–H groups in total. The van der Waals surface area contributed by atoms with Crippen LogP contribution in [0.5, 0.6) is 0 Å². The predicted octanol–water partition coefficient (Wildman–Crippen LogP) is 4.84. The maximum atomic E-state index is 6.54. The van der Waals surface area contributed by atoms with Gasteiger partial charge in [0.15, 0.2) is 5.11 Å². The number of aromatic amines is 1. The van der Waals surface area contributed by atoms with Crippen molar-refractivity contribution in [3.8, 4) is 0 Å². The lowest BCUT2D eigenvalue weighted by molar-refractivity contribution is 0.104. The van der Waals surface area contributed by atoms with Crippen LogP contribution in [0.2, 0.25) is 5.02 Å². The largest absolute Gasteiger partial charge is 0.359 e. The fraction of sp³-hybridized carbons (Fsp3) is 0.609. The van der Waals surface area contributed by atoms with E-state index in [9.17, 15) is 0 Å². The molecule has 6 heteroatoms. The van der Waals surface area contributed by atoms with E-state index < -0.39 is 0 Å². The highest BCUT2D eigenvalue weighted by atomic mass is 35.5. The van der Waals surface area contributed by atoms with Crippen LogP contribution in [-0.2, 0) is 6.42 Å². The second-order valence-corrected chi connectivity index (χ2v) is 9.40. The lowest BCUT2D eigenvalue weighted by Gasteiger charge is -2.48. The molecule has 0 saturated carbocycles. The quantitative estimate of drug-likeness (QED) is 0.662. The first kappa shape index (κ1) is 21.0. The summed E-state index contributed by atoms with van der Waals surface area (Å²) in [5.41, 5.74) is 5.39. The fourth-order valence-electron chi connectivity index (χ4n) is 5.53. The lowest BCUT2D eigenvalue weighted by atomic mass is 9.73. The Morgan fingerprint density at radius 1 is 1.31 bits per heavy atom. The molecule has 2 heterocycles. The van der Waals surface area contributed by atoms with E-state index in [0.717, 1.165) is 49.2 Å². The first-order valence-corrected chi connectivity index (χ1v) is 11.8. The van der Waals surface area contributed by atoms with Crippen LogP contribution < -0.4 is 5.32 Å². The molecule has 2 aliphatic rings. The van der Waals surface area contributed by atoms with Gasteiger partial charge in [0.05, 0.1) is 0 Å². The average Bonchev–Trinajstić information content (AvgIpc) is 2.99. The van der Waals surface area contributed by atoms with E-state index in [1.54, 1.807) is 0 Å². The van der Waals surface area contributed by atoms with Gasteiger partial charge in [-0.2, -0.15) is 0 Å². The van der Waals surface area contributed by atoms with Crippen molar-refractivity contribution in [3.05, 3.63) is 34.0 Å². The molecule has 0 amide bonds. The number of likely N-dealkylation sites (tertiary alicyclic amines) is 1. The predicted molar refractivity (Wildman–Crippen MR) is 127 cm³/mol. The number of nitrogens with one attached hydrogen (secondary N) is 2. The third-order valence-corrected chi connectivity index (χ3v) is 7.43. The number of halogens is 1. The van der Waals surface area contributed by atoms with Gasteiger partial charge >= 0.3 is 0 Å². The molecule has 0 bridgehead atoms. The van der Waals surface area contributed by atoms with Crippen molar-refractivity contribution in [2.24, 2.45) is 0 Å². The van der Waals surface area contributed by atoms with Gasteiger partial charge in [0.1, 0.15) is 0 Å². The van der Waals surface area contributed by atoms with Gasteiger partial charge in [0.25, 0.3) is 0 Å². The van der Waals surface area contributed by atoms with Crippen LogP contribution in [0.3, 0.4) is 0 Å². The summed E-state index contributed by atoms with van der Waals surface area (Å²) in [5, 5.41) is 6.83. The van der Waals surface area contributed by atoms with Crippen LogP contribution in [-0.4, -0.2) is 58.2 Å². The molecule has 1 unspecified atom stereocenters. The summed E-state index contributed by atoms with van der Waals surface area (Å²) in [4.78, 5) is 8.51. The summed E-state index contributed by atoms with van der Waals surface area (Å²) in [6.07, 6.45) is 3.39. The summed E-state index contributed by atoms with van der Waals surface area (Å²) < 4.78 is 0. The molecule has 1 aliphatic carbocycles.